The summed E-state index contributed by atoms with van der Waals surface area (Å²) < 4.78 is 5.34. The Hall–Kier alpha value is -1.10. The highest BCUT2D eigenvalue weighted by atomic mass is 35.5. The molecule has 3 rings (SSSR count). The lowest BCUT2D eigenvalue weighted by Crippen LogP contribution is -2.50. The number of nitrogens with zero attached hydrogens (tertiary/aromatic N) is 1. The van der Waals surface area contributed by atoms with E-state index in [9.17, 15) is 4.79 Å². The number of halogens is 1. The van der Waals surface area contributed by atoms with Crippen molar-refractivity contribution in [1.29, 1.82) is 0 Å². The van der Waals surface area contributed by atoms with Crippen molar-refractivity contribution in [2.45, 2.75) is 18.9 Å². The van der Waals surface area contributed by atoms with Gasteiger partial charge in [0.05, 0.1) is 0 Å². The maximum Gasteiger partial charge on any atom is 0.225 e. The molecule has 0 aromatic heterocycles. The van der Waals surface area contributed by atoms with Crippen molar-refractivity contribution < 1.29 is 9.53 Å². The number of rotatable bonds is 2. The Morgan fingerprint density at radius 2 is 1.90 bits per heavy atom. The lowest BCUT2D eigenvalue weighted by atomic mass is 9.97. The minimum absolute atomic E-state index is 0. The Morgan fingerprint density at radius 1 is 1.19 bits per heavy atom. The summed E-state index contributed by atoms with van der Waals surface area (Å²) in [6.07, 6.45) is 1.75. The van der Waals surface area contributed by atoms with Gasteiger partial charge in [0.2, 0.25) is 5.91 Å². The third-order valence-electron chi connectivity index (χ3n) is 4.26. The average molecular weight is 311 g/mol. The van der Waals surface area contributed by atoms with Crippen molar-refractivity contribution in [2.24, 2.45) is 5.92 Å². The predicted octanol–water partition coefficient (Wildman–Crippen LogP) is 2.01. The molecule has 21 heavy (non-hydrogen) atoms. The van der Waals surface area contributed by atoms with Crippen LogP contribution in [0, 0.1) is 5.92 Å². The molecule has 4 nitrogen and oxygen atoms in total. The van der Waals surface area contributed by atoms with Gasteiger partial charge in [-0.1, -0.05) is 30.3 Å². The largest absolute Gasteiger partial charge is 0.381 e. The Morgan fingerprint density at radius 3 is 2.62 bits per heavy atom. The van der Waals surface area contributed by atoms with Crippen LogP contribution in [0.5, 0.6) is 0 Å². The van der Waals surface area contributed by atoms with Crippen molar-refractivity contribution in [2.75, 3.05) is 32.8 Å². The number of benzene rings is 1. The smallest absolute Gasteiger partial charge is 0.225 e. The summed E-state index contributed by atoms with van der Waals surface area (Å²) in [5.74, 6) is 0.481. The van der Waals surface area contributed by atoms with Crippen LogP contribution in [0.1, 0.15) is 24.4 Å². The molecule has 2 aliphatic heterocycles. The Labute approximate surface area is 132 Å². The predicted molar refractivity (Wildman–Crippen MR) is 84.6 cm³/mol. The van der Waals surface area contributed by atoms with E-state index in [1.165, 1.54) is 5.56 Å². The van der Waals surface area contributed by atoms with Crippen LogP contribution in [0.15, 0.2) is 30.3 Å². The standard InChI is InChI=1S/C16H22N2O2.ClH/c19-16(14-6-10-20-11-7-14)18-9-8-17-15(12-18)13-4-2-1-3-5-13;/h1-5,14-15,17H,6-12H2;1H. The maximum atomic E-state index is 12.6. The van der Waals surface area contributed by atoms with Crippen LogP contribution in [0.25, 0.3) is 0 Å². The number of piperazine rings is 1. The molecule has 1 aromatic carbocycles. The van der Waals surface area contributed by atoms with E-state index in [0.29, 0.717) is 5.91 Å². The highest BCUT2D eigenvalue weighted by molar-refractivity contribution is 5.85. The van der Waals surface area contributed by atoms with Gasteiger partial charge in [-0.3, -0.25) is 4.79 Å². The summed E-state index contributed by atoms with van der Waals surface area (Å²) in [4.78, 5) is 14.6. The van der Waals surface area contributed by atoms with Crippen molar-refractivity contribution in [3.63, 3.8) is 0 Å². The molecule has 116 valence electrons. The third kappa shape index (κ3) is 3.96. The second-order valence-electron chi connectivity index (χ2n) is 5.59. The number of nitrogens with one attached hydrogen (secondary N) is 1. The molecule has 2 heterocycles. The summed E-state index contributed by atoms with van der Waals surface area (Å²) in [6, 6.07) is 10.6. The van der Waals surface area contributed by atoms with Crippen molar-refractivity contribution in [1.82, 2.24) is 10.2 Å². The molecule has 1 unspecified atom stereocenters. The minimum atomic E-state index is 0. The van der Waals surface area contributed by atoms with Gasteiger partial charge in [-0.2, -0.15) is 0 Å². The molecule has 2 saturated heterocycles. The zero-order valence-corrected chi connectivity index (χ0v) is 13.0. The van der Waals surface area contributed by atoms with E-state index < -0.39 is 0 Å². The molecule has 0 aliphatic carbocycles. The summed E-state index contributed by atoms with van der Waals surface area (Å²) in [6.45, 7) is 3.92. The number of carbonyl (C=O) groups excluding carboxylic acids is 1. The molecule has 0 radical (unpaired) electrons. The molecular formula is C16H23ClN2O2. The topological polar surface area (TPSA) is 41.6 Å². The molecular weight excluding hydrogens is 288 g/mol. The average Bonchev–Trinajstić information content (AvgIpc) is 2.56. The van der Waals surface area contributed by atoms with E-state index in [2.05, 4.69) is 29.6 Å². The number of ether oxygens (including phenoxy) is 1. The second-order valence-corrected chi connectivity index (χ2v) is 5.59. The van der Waals surface area contributed by atoms with Crippen LogP contribution in [0.2, 0.25) is 0 Å². The Balaban J connectivity index is 0.00000161. The lowest BCUT2D eigenvalue weighted by molar-refractivity contribution is -0.139. The van der Waals surface area contributed by atoms with Gasteiger partial charge in [0.1, 0.15) is 0 Å². The summed E-state index contributed by atoms with van der Waals surface area (Å²) >= 11 is 0. The van der Waals surface area contributed by atoms with Crippen molar-refractivity contribution in [3.05, 3.63) is 35.9 Å². The minimum Gasteiger partial charge on any atom is -0.381 e. The van der Waals surface area contributed by atoms with Crippen molar-refractivity contribution >= 4 is 18.3 Å². The number of carbonyl (C=O) groups is 1. The van der Waals surface area contributed by atoms with Crippen LogP contribution < -0.4 is 5.32 Å². The summed E-state index contributed by atoms with van der Waals surface area (Å²) in [5, 5.41) is 3.50. The molecule has 0 spiro atoms. The number of amides is 1. The molecule has 2 aliphatic rings. The molecule has 1 amide bonds. The highest BCUT2D eigenvalue weighted by Crippen LogP contribution is 2.22. The summed E-state index contributed by atoms with van der Waals surface area (Å²) in [7, 11) is 0. The molecule has 1 N–H and O–H groups in total. The fraction of sp³-hybridized carbons (Fsp3) is 0.562. The van der Waals surface area contributed by atoms with E-state index in [1.54, 1.807) is 0 Å². The normalized spacial score (nSPS) is 23.4. The van der Waals surface area contributed by atoms with E-state index in [-0.39, 0.29) is 24.4 Å². The molecule has 2 fully saturated rings. The third-order valence-corrected chi connectivity index (χ3v) is 4.26. The van der Waals surface area contributed by atoms with Crippen LogP contribution in [0.3, 0.4) is 0 Å². The first-order valence-corrected chi connectivity index (χ1v) is 7.49. The van der Waals surface area contributed by atoms with E-state index in [0.717, 1.165) is 45.7 Å². The van der Waals surface area contributed by atoms with Gasteiger partial charge >= 0.3 is 0 Å². The van der Waals surface area contributed by atoms with Gasteiger partial charge in [-0.25, -0.2) is 0 Å². The number of hydrogen-bond acceptors (Lipinski definition) is 3. The highest BCUT2D eigenvalue weighted by Gasteiger charge is 2.30. The first-order valence-electron chi connectivity index (χ1n) is 7.49. The fourth-order valence-electron chi connectivity index (χ4n) is 3.06. The zero-order chi connectivity index (χ0) is 13.8. The fourth-order valence-corrected chi connectivity index (χ4v) is 3.06. The number of hydrogen-bond donors (Lipinski definition) is 1. The van der Waals surface area contributed by atoms with E-state index in [4.69, 9.17) is 4.74 Å². The van der Waals surface area contributed by atoms with Gasteiger partial charge in [-0.15, -0.1) is 12.4 Å². The van der Waals surface area contributed by atoms with Gasteiger partial charge < -0.3 is 15.0 Å². The Bertz CT molecular complexity index is 449. The van der Waals surface area contributed by atoms with Crippen molar-refractivity contribution in [3.8, 4) is 0 Å². The van der Waals surface area contributed by atoms with E-state index >= 15 is 0 Å². The summed E-state index contributed by atoms with van der Waals surface area (Å²) in [5.41, 5.74) is 1.26. The van der Waals surface area contributed by atoms with Crippen LogP contribution >= 0.6 is 12.4 Å². The molecule has 0 bridgehead atoms. The SMILES string of the molecule is Cl.O=C(C1CCOCC1)N1CCNC(c2ccccc2)C1. The van der Waals surface area contributed by atoms with Gasteiger partial charge in [0.15, 0.2) is 0 Å². The first kappa shape index (κ1) is 16.3. The lowest BCUT2D eigenvalue weighted by Gasteiger charge is -2.36. The quantitative estimate of drug-likeness (QED) is 0.908. The van der Waals surface area contributed by atoms with Crippen LogP contribution in [-0.4, -0.2) is 43.7 Å². The van der Waals surface area contributed by atoms with Crippen LogP contribution in [-0.2, 0) is 9.53 Å². The maximum absolute atomic E-state index is 12.6. The van der Waals surface area contributed by atoms with Gasteiger partial charge in [-0.05, 0) is 18.4 Å². The molecule has 0 saturated carbocycles. The Kier molecular flexibility index (Phi) is 6.03. The monoisotopic (exact) mass is 310 g/mol. The van der Waals surface area contributed by atoms with Crippen LogP contribution in [0.4, 0.5) is 0 Å². The first-order chi connectivity index (χ1) is 9.84. The van der Waals surface area contributed by atoms with E-state index in [1.807, 2.05) is 11.0 Å². The molecule has 5 heteroatoms. The van der Waals surface area contributed by atoms with Gasteiger partial charge in [0.25, 0.3) is 0 Å². The second kappa shape index (κ2) is 7.78. The molecule has 1 aromatic rings. The zero-order valence-electron chi connectivity index (χ0n) is 12.2. The molecule has 1 atom stereocenters. The van der Waals surface area contributed by atoms with Gasteiger partial charge in [0, 0.05) is 44.8 Å².